The summed E-state index contributed by atoms with van der Waals surface area (Å²) in [5.74, 6) is 1.30. The van der Waals surface area contributed by atoms with E-state index in [9.17, 15) is 4.79 Å². The number of nitrogens with zero attached hydrogens (tertiary/aromatic N) is 3. The van der Waals surface area contributed by atoms with Crippen LogP contribution in [0.1, 0.15) is 28.9 Å². The average molecular weight is 363 g/mol. The third-order valence-electron chi connectivity index (χ3n) is 4.92. The van der Waals surface area contributed by atoms with Gasteiger partial charge in [-0.1, -0.05) is 17.3 Å². The van der Waals surface area contributed by atoms with Gasteiger partial charge in [0.1, 0.15) is 5.75 Å². The molecule has 1 fully saturated rings. The predicted octanol–water partition coefficient (Wildman–Crippen LogP) is 3.59. The maximum atomic E-state index is 13.0. The zero-order valence-electron chi connectivity index (χ0n) is 15.2. The fraction of sp³-hybridized carbons (Fsp3) is 0.286. The molecular formula is C21H21N3O3. The zero-order chi connectivity index (χ0) is 18.6. The number of pyridine rings is 1. The molecule has 3 heterocycles. The summed E-state index contributed by atoms with van der Waals surface area (Å²) in [4.78, 5) is 19.0. The van der Waals surface area contributed by atoms with Gasteiger partial charge in [-0.05, 0) is 49.1 Å². The van der Waals surface area contributed by atoms with Crippen molar-refractivity contribution in [2.75, 3.05) is 13.7 Å². The van der Waals surface area contributed by atoms with Crippen molar-refractivity contribution in [1.82, 2.24) is 15.0 Å². The molecule has 1 amide bonds. The summed E-state index contributed by atoms with van der Waals surface area (Å²) in [6.45, 7) is 0.739. The number of carbonyl (C=O) groups is 1. The number of hydrogen-bond donors (Lipinski definition) is 0. The summed E-state index contributed by atoms with van der Waals surface area (Å²) in [5, 5.41) is 3.99. The first-order valence-electron chi connectivity index (χ1n) is 9.05. The third-order valence-corrected chi connectivity index (χ3v) is 4.92. The van der Waals surface area contributed by atoms with Gasteiger partial charge in [-0.3, -0.25) is 9.78 Å². The van der Waals surface area contributed by atoms with Crippen molar-refractivity contribution < 1.29 is 14.1 Å². The summed E-state index contributed by atoms with van der Waals surface area (Å²) >= 11 is 0. The van der Waals surface area contributed by atoms with Crippen LogP contribution < -0.4 is 4.74 Å². The van der Waals surface area contributed by atoms with Crippen LogP contribution in [-0.4, -0.2) is 40.6 Å². The number of likely N-dealkylation sites (tertiary alicyclic amines) is 1. The van der Waals surface area contributed by atoms with Gasteiger partial charge in [0.25, 0.3) is 5.91 Å². The second-order valence-electron chi connectivity index (χ2n) is 6.67. The SMILES string of the molecule is COc1cccc(CC2CCCN2C(=O)c2cc(-c3cccnc3)on2)c1. The van der Waals surface area contributed by atoms with Crippen LogP contribution in [-0.2, 0) is 6.42 Å². The summed E-state index contributed by atoms with van der Waals surface area (Å²) < 4.78 is 10.7. The number of benzene rings is 1. The van der Waals surface area contributed by atoms with Crippen LogP contribution in [0.25, 0.3) is 11.3 Å². The van der Waals surface area contributed by atoms with E-state index in [0.29, 0.717) is 11.5 Å². The first-order valence-corrected chi connectivity index (χ1v) is 9.05. The second-order valence-corrected chi connectivity index (χ2v) is 6.67. The van der Waals surface area contributed by atoms with Crippen molar-refractivity contribution in [1.29, 1.82) is 0 Å². The molecule has 4 rings (SSSR count). The highest BCUT2D eigenvalue weighted by molar-refractivity contribution is 5.93. The highest BCUT2D eigenvalue weighted by Crippen LogP contribution is 2.26. The Balaban J connectivity index is 1.50. The first kappa shape index (κ1) is 17.3. The molecule has 0 N–H and O–H groups in total. The average Bonchev–Trinajstić information content (AvgIpc) is 3.38. The number of amides is 1. The predicted molar refractivity (Wildman–Crippen MR) is 100 cm³/mol. The first-order chi connectivity index (χ1) is 13.2. The molecule has 6 heteroatoms. The fourth-order valence-corrected chi connectivity index (χ4v) is 3.55. The van der Waals surface area contributed by atoms with E-state index in [2.05, 4.69) is 16.2 Å². The molecule has 0 spiro atoms. The van der Waals surface area contributed by atoms with Gasteiger partial charge in [0.15, 0.2) is 11.5 Å². The monoisotopic (exact) mass is 363 g/mol. The van der Waals surface area contributed by atoms with E-state index in [0.717, 1.165) is 42.7 Å². The molecule has 138 valence electrons. The van der Waals surface area contributed by atoms with Crippen LogP contribution in [0.3, 0.4) is 0 Å². The Morgan fingerprint density at radius 1 is 1.30 bits per heavy atom. The minimum absolute atomic E-state index is 0.0840. The van der Waals surface area contributed by atoms with Crippen LogP contribution >= 0.6 is 0 Å². The van der Waals surface area contributed by atoms with E-state index < -0.39 is 0 Å². The van der Waals surface area contributed by atoms with Crippen molar-refractivity contribution in [3.63, 3.8) is 0 Å². The lowest BCUT2D eigenvalue weighted by Crippen LogP contribution is -2.37. The van der Waals surface area contributed by atoms with Crippen molar-refractivity contribution in [3.8, 4) is 17.1 Å². The highest BCUT2D eigenvalue weighted by Gasteiger charge is 2.31. The van der Waals surface area contributed by atoms with E-state index in [1.165, 1.54) is 0 Å². The summed E-state index contributed by atoms with van der Waals surface area (Å²) in [7, 11) is 1.66. The van der Waals surface area contributed by atoms with Crippen LogP contribution in [0.5, 0.6) is 5.75 Å². The van der Waals surface area contributed by atoms with Gasteiger partial charge in [-0.25, -0.2) is 0 Å². The van der Waals surface area contributed by atoms with Gasteiger partial charge < -0.3 is 14.2 Å². The van der Waals surface area contributed by atoms with E-state index in [1.54, 1.807) is 25.6 Å². The lowest BCUT2D eigenvalue weighted by atomic mass is 10.0. The molecule has 1 aliphatic rings. The molecule has 0 saturated carbocycles. The number of rotatable bonds is 5. The topological polar surface area (TPSA) is 68.5 Å². The molecule has 27 heavy (non-hydrogen) atoms. The standard InChI is InChI=1S/C21H21N3O3/c1-26-18-8-2-5-15(12-18)11-17-7-4-10-24(17)21(25)19-13-20(27-23-19)16-6-3-9-22-14-16/h2-3,5-6,8-9,12-14,17H,4,7,10-11H2,1H3. The van der Waals surface area contributed by atoms with Gasteiger partial charge >= 0.3 is 0 Å². The number of methoxy groups -OCH3 is 1. The Bertz CT molecular complexity index is 923. The summed E-state index contributed by atoms with van der Waals surface area (Å²) in [6.07, 6.45) is 6.16. The summed E-state index contributed by atoms with van der Waals surface area (Å²) in [5.41, 5.74) is 2.31. The zero-order valence-corrected chi connectivity index (χ0v) is 15.2. The minimum Gasteiger partial charge on any atom is -0.497 e. The number of ether oxygens (including phenoxy) is 1. The molecular weight excluding hydrogens is 342 g/mol. The van der Waals surface area contributed by atoms with Gasteiger partial charge in [-0.15, -0.1) is 0 Å². The van der Waals surface area contributed by atoms with E-state index in [1.807, 2.05) is 35.2 Å². The maximum Gasteiger partial charge on any atom is 0.276 e. The molecule has 1 aliphatic heterocycles. The Labute approximate surface area is 157 Å². The van der Waals surface area contributed by atoms with Gasteiger partial charge in [0.2, 0.25) is 0 Å². The van der Waals surface area contributed by atoms with Crippen molar-refractivity contribution >= 4 is 5.91 Å². The van der Waals surface area contributed by atoms with Crippen LogP contribution in [0.2, 0.25) is 0 Å². The third kappa shape index (κ3) is 3.69. The van der Waals surface area contributed by atoms with Crippen molar-refractivity contribution in [3.05, 3.63) is 66.1 Å². The van der Waals surface area contributed by atoms with E-state index in [-0.39, 0.29) is 11.9 Å². The minimum atomic E-state index is -0.0840. The lowest BCUT2D eigenvalue weighted by Gasteiger charge is -2.24. The second kappa shape index (κ2) is 7.61. The Morgan fingerprint density at radius 2 is 2.22 bits per heavy atom. The fourth-order valence-electron chi connectivity index (χ4n) is 3.55. The molecule has 0 aliphatic carbocycles. The largest absolute Gasteiger partial charge is 0.497 e. The Hall–Kier alpha value is -3.15. The van der Waals surface area contributed by atoms with Gasteiger partial charge in [0.05, 0.1) is 7.11 Å². The molecule has 3 aromatic rings. The van der Waals surface area contributed by atoms with Crippen LogP contribution in [0.4, 0.5) is 0 Å². The van der Waals surface area contributed by atoms with Gasteiger partial charge in [0, 0.05) is 36.6 Å². The Morgan fingerprint density at radius 3 is 3.04 bits per heavy atom. The molecule has 1 saturated heterocycles. The lowest BCUT2D eigenvalue weighted by molar-refractivity contribution is 0.0726. The molecule has 0 bridgehead atoms. The van der Waals surface area contributed by atoms with Crippen LogP contribution in [0, 0.1) is 0 Å². The van der Waals surface area contributed by atoms with E-state index >= 15 is 0 Å². The molecule has 6 nitrogen and oxygen atoms in total. The van der Waals surface area contributed by atoms with Gasteiger partial charge in [-0.2, -0.15) is 0 Å². The quantitative estimate of drug-likeness (QED) is 0.693. The Kier molecular flexibility index (Phi) is 4.87. The maximum absolute atomic E-state index is 13.0. The number of carbonyl (C=O) groups excluding carboxylic acids is 1. The highest BCUT2D eigenvalue weighted by atomic mass is 16.5. The normalized spacial score (nSPS) is 16.5. The molecule has 2 aromatic heterocycles. The van der Waals surface area contributed by atoms with Crippen molar-refractivity contribution in [2.45, 2.75) is 25.3 Å². The molecule has 0 radical (unpaired) electrons. The molecule has 1 atom stereocenters. The van der Waals surface area contributed by atoms with E-state index in [4.69, 9.17) is 9.26 Å². The van der Waals surface area contributed by atoms with Crippen LogP contribution in [0.15, 0.2) is 59.4 Å². The summed E-state index contributed by atoms with van der Waals surface area (Å²) in [6, 6.07) is 13.6. The molecule has 1 unspecified atom stereocenters. The number of aromatic nitrogens is 2. The molecule has 1 aromatic carbocycles. The smallest absolute Gasteiger partial charge is 0.276 e. The van der Waals surface area contributed by atoms with Crippen molar-refractivity contribution in [2.24, 2.45) is 0 Å². The number of hydrogen-bond acceptors (Lipinski definition) is 5.